The number of nitrogens with two attached hydrogens (primary N) is 1. The van der Waals surface area contributed by atoms with E-state index in [0.717, 1.165) is 0 Å². The Kier molecular flexibility index (Phi) is 7.65. The second-order valence-corrected chi connectivity index (χ2v) is 6.13. The summed E-state index contributed by atoms with van der Waals surface area (Å²) in [7, 11) is 1.51. The van der Waals surface area contributed by atoms with Crippen LogP contribution in [0.2, 0.25) is 5.02 Å². The number of methoxy groups -OCH3 is 1. The van der Waals surface area contributed by atoms with Crippen LogP contribution in [0.15, 0.2) is 48.5 Å². The molecule has 0 bridgehead atoms. The van der Waals surface area contributed by atoms with Gasteiger partial charge < -0.3 is 25.8 Å². The van der Waals surface area contributed by atoms with Gasteiger partial charge in [-0.25, -0.2) is 4.79 Å². The smallest absolute Gasteiger partial charge is 0.312 e. The highest BCUT2D eigenvalue weighted by Crippen LogP contribution is 2.25. The van der Waals surface area contributed by atoms with E-state index in [1.165, 1.54) is 7.11 Å². The normalized spacial score (nSPS) is 11.2. The minimum Gasteiger partial charge on any atom is -0.497 e. The van der Waals surface area contributed by atoms with Crippen LogP contribution in [0, 0.1) is 0 Å². The monoisotopic (exact) mass is 405 g/mol. The van der Waals surface area contributed by atoms with E-state index >= 15 is 0 Å². The fourth-order valence-corrected chi connectivity index (χ4v) is 2.71. The van der Waals surface area contributed by atoms with Crippen molar-refractivity contribution in [2.24, 2.45) is 5.73 Å². The number of nitrogens with one attached hydrogen (secondary N) is 2. The molecule has 148 valence electrons. The average Bonchev–Trinajstić information content (AvgIpc) is 2.66. The maximum Gasteiger partial charge on any atom is 0.312 e. The van der Waals surface area contributed by atoms with Gasteiger partial charge in [0.1, 0.15) is 5.75 Å². The average molecular weight is 406 g/mol. The van der Waals surface area contributed by atoms with Gasteiger partial charge in [0, 0.05) is 16.8 Å². The van der Waals surface area contributed by atoms with Crippen LogP contribution in [0.3, 0.4) is 0 Å². The Hall–Kier alpha value is -3.26. The van der Waals surface area contributed by atoms with Crippen molar-refractivity contribution < 1.29 is 23.9 Å². The lowest BCUT2D eigenvalue weighted by atomic mass is 10.0. The first-order valence-corrected chi connectivity index (χ1v) is 8.66. The van der Waals surface area contributed by atoms with Crippen LogP contribution in [0.1, 0.15) is 18.0 Å². The van der Waals surface area contributed by atoms with Crippen LogP contribution in [0.5, 0.6) is 5.75 Å². The predicted molar refractivity (Wildman–Crippen MR) is 104 cm³/mol. The molecule has 0 aromatic heterocycles. The van der Waals surface area contributed by atoms with Gasteiger partial charge in [-0.05, 0) is 23.8 Å². The summed E-state index contributed by atoms with van der Waals surface area (Å²) in [6, 6.07) is 11.9. The summed E-state index contributed by atoms with van der Waals surface area (Å²) in [6.45, 7) is -0.484. The van der Waals surface area contributed by atoms with Gasteiger partial charge in [0.05, 0.1) is 19.6 Å². The summed E-state index contributed by atoms with van der Waals surface area (Å²) < 4.78 is 10.1. The molecule has 2 aromatic carbocycles. The Bertz CT molecular complexity index is 859. The van der Waals surface area contributed by atoms with Crippen LogP contribution in [-0.2, 0) is 14.3 Å². The first-order chi connectivity index (χ1) is 13.4. The van der Waals surface area contributed by atoms with Gasteiger partial charge in [0.2, 0.25) is 0 Å². The van der Waals surface area contributed by atoms with Gasteiger partial charge in [-0.2, -0.15) is 0 Å². The zero-order valence-corrected chi connectivity index (χ0v) is 15.9. The Balaban J connectivity index is 1.92. The van der Waals surface area contributed by atoms with Gasteiger partial charge in [-0.3, -0.25) is 9.59 Å². The molecule has 28 heavy (non-hydrogen) atoms. The number of benzene rings is 2. The summed E-state index contributed by atoms with van der Waals surface area (Å²) in [5, 5.41) is 5.40. The van der Waals surface area contributed by atoms with Gasteiger partial charge in [0.25, 0.3) is 5.91 Å². The Morgan fingerprint density at radius 3 is 2.57 bits per heavy atom. The minimum atomic E-state index is -0.812. The number of ether oxygens (including phenoxy) is 2. The van der Waals surface area contributed by atoms with E-state index < -0.39 is 30.6 Å². The lowest BCUT2D eigenvalue weighted by molar-refractivity contribution is -0.147. The molecule has 9 heteroatoms. The molecule has 0 radical (unpaired) electrons. The Labute approximate surface area is 166 Å². The second-order valence-electron chi connectivity index (χ2n) is 5.73. The van der Waals surface area contributed by atoms with Gasteiger partial charge in [-0.1, -0.05) is 35.9 Å². The van der Waals surface area contributed by atoms with E-state index in [1.54, 1.807) is 48.5 Å². The summed E-state index contributed by atoms with van der Waals surface area (Å²) in [4.78, 5) is 35.3. The number of carbonyl (C=O) groups is 3. The van der Waals surface area contributed by atoms with Crippen molar-refractivity contribution in [2.75, 3.05) is 19.0 Å². The van der Waals surface area contributed by atoms with Crippen molar-refractivity contribution >= 4 is 35.2 Å². The number of urea groups is 1. The van der Waals surface area contributed by atoms with Crippen molar-refractivity contribution in [3.63, 3.8) is 0 Å². The number of carbonyl (C=O) groups excluding carboxylic acids is 3. The summed E-state index contributed by atoms with van der Waals surface area (Å²) in [5.74, 6) is -0.631. The number of rotatable bonds is 8. The largest absolute Gasteiger partial charge is 0.497 e. The molecular formula is C19H20ClN3O5. The van der Waals surface area contributed by atoms with Crippen LogP contribution in [0.4, 0.5) is 10.5 Å². The Morgan fingerprint density at radius 1 is 1.14 bits per heavy atom. The molecule has 0 heterocycles. The second kappa shape index (κ2) is 10.2. The number of esters is 1. The molecular weight excluding hydrogens is 386 g/mol. The molecule has 4 N–H and O–H groups in total. The quantitative estimate of drug-likeness (QED) is 0.583. The van der Waals surface area contributed by atoms with Crippen LogP contribution >= 0.6 is 11.6 Å². The maximum atomic E-state index is 12.1. The molecule has 0 aliphatic carbocycles. The minimum absolute atomic E-state index is 0.237. The molecule has 0 fully saturated rings. The maximum absolute atomic E-state index is 12.1. The molecule has 0 saturated carbocycles. The standard InChI is InChI=1S/C19H20ClN3O5/c1-27-13-6-4-5-12(9-13)22-17(24)11-28-18(25)10-16(23-19(21)26)14-7-2-3-8-15(14)20/h2-9,16H,10-11H2,1H3,(H,22,24)(H3,21,23,26)/t16-/m0/s1. The topological polar surface area (TPSA) is 120 Å². The number of primary amides is 1. The highest BCUT2D eigenvalue weighted by atomic mass is 35.5. The summed E-state index contributed by atoms with van der Waals surface area (Å²) in [6.07, 6.45) is -0.237. The van der Waals surface area contributed by atoms with Crippen molar-refractivity contribution in [3.05, 3.63) is 59.1 Å². The molecule has 0 aliphatic heterocycles. The highest BCUT2D eigenvalue weighted by molar-refractivity contribution is 6.31. The predicted octanol–water partition coefficient (Wildman–Crippen LogP) is 2.63. The van der Waals surface area contributed by atoms with Crippen LogP contribution in [0.25, 0.3) is 0 Å². The molecule has 2 aromatic rings. The molecule has 8 nitrogen and oxygen atoms in total. The lowest BCUT2D eigenvalue weighted by Gasteiger charge is -2.18. The van der Waals surface area contributed by atoms with Crippen molar-refractivity contribution in [3.8, 4) is 5.75 Å². The van der Waals surface area contributed by atoms with E-state index in [-0.39, 0.29) is 6.42 Å². The molecule has 3 amide bonds. The molecule has 2 rings (SSSR count). The number of halogens is 1. The third-order valence-corrected chi connectivity index (χ3v) is 4.03. The van der Waals surface area contributed by atoms with E-state index in [2.05, 4.69) is 10.6 Å². The van der Waals surface area contributed by atoms with E-state index in [1.807, 2.05) is 0 Å². The van der Waals surface area contributed by atoms with Crippen LogP contribution in [-0.4, -0.2) is 31.6 Å². The molecule has 0 unspecified atom stereocenters. The zero-order valence-electron chi connectivity index (χ0n) is 15.1. The fraction of sp³-hybridized carbons (Fsp3) is 0.211. The van der Waals surface area contributed by atoms with Crippen molar-refractivity contribution in [1.82, 2.24) is 5.32 Å². The number of anilines is 1. The Morgan fingerprint density at radius 2 is 1.89 bits per heavy atom. The number of hydrogen-bond acceptors (Lipinski definition) is 5. The van der Waals surface area contributed by atoms with Crippen LogP contribution < -0.4 is 21.1 Å². The van der Waals surface area contributed by atoms with Gasteiger partial charge in [-0.15, -0.1) is 0 Å². The molecule has 0 saturated heterocycles. The molecule has 0 aliphatic rings. The van der Waals surface area contributed by atoms with Gasteiger partial charge in [0.15, 0.2) is 6.61 Å². The molecule has 1 atom stereocenters. The zero-order chi connectivity index (χ0) is 20.5. The first-order valence-electron chi connectivity index (χ1n) is 8.29. The number of hydrogen-bond donors (Lipinski definition) is 3. The highest BCUT2D eigenvalue weighted by Gasteiger charge is 2.21. The lowest BCUT2D eigenvalue weighted by Crippen LogP contribution is -2.35. The van der Waals surface area contributed by atoms with Gasteiger partial charge >= 0.3 is 12.0 Å². The fourth-order valence-electron chi connectivity index (χ4n) is 2.44. The summed E-state index contributed by atoms with van der Waals surface area (Å²) in [5.41, 5.74) is 6.19. The third kappa shape index (κ3) is 6.48. The van der Waals surface area contributed by atoms with E-state index in [4.69, 9.17) is 26.8 Å². The van der Waals surface area contributed by atoms with Crippen molar-refractivity contribution in [1.29, 1.82) is 0 Å². The first kappa shape index (κ1) is 21.0. The molecule has 0 spiro atoms. The summed E-state index contributed by atoms with van der Waals surface area (Å²) >= 11 is 6.11. The number of amides is 3. The SMILES string of the molecule is COc1cccc(NC(=O)COC(=O)C[C@H](NC(N)=O)c2ccccc2Cl)c1. The van der Waals surface area contributed by atoms with Crippen molar-refractivity contribution in [2.45, 2.75) is 12.5 Å². The third-order valence-electron chi connectivity index (χ3n) is 3.69. The van der Waals surface area contributed by atoms with E-state index in [0.29, 0.717) is 22.0 Å². The van der Waals surface area contributed by atoms with E-state index in [9.17, 15) is 14.4 Å².